The lowest BCUT2D eigenvalue weighted by Gasteiger charge is -1.98. The number of nitrogens with zero attached hydrogens (tertiary/aromatic N) is 2. The van der Waals surface area contributed by atoms with Crippen LogP contribution in [0.5, 0.6) is 0 Å². The Morgan fingerprint density at radius 1 is 1.07 bits per heavy atom. The molecule has 0 fully saturated rings. The van der Waals surface area contributed by atoms with Crippen molar-refractivity contribution in [1.29, 1.82) is 0 Å². The van der Waals surface area contributed by atoms with Gasteiger partial charge in [-0.05, 0) is 12.1 Å². The minimum absolute atomic E-state index is 0.0967. The lowest BCUT2D eigenvalue weighted by molar-refractivity contribution is 0.101. The number of hydrogen-bond donors (Lipinski definition) is 1. The van der Waals surface area contributed by atoms with Crippen LogP contribution in [0.4, 0.5) is 5.13 Å². The zero-order valence-corrected chi connectivity index (χ0v) is 15.8. The number of amides is 1. The van der Waals surface area contributed by atoms with Gasteiger partial charge in [0.15, 0.2) is 21.7 Å². The summed E-state index contributed by atoms with van der Waals surface area (Å²) in [6.45, 7) is 1.49. The lowest BCUT2D eigenvalue weighted by Crippen LogP contribution is -2.12. The van der Waals surface area contributed by atoms with Crippen molar-refractivity contribution in [2.24, 2.45) is 0 Å². The fraction of sp³-hybridized carbons (Fsp3) is 0.0526. The molecule has 0 saturated carbocycles. The van der Waals surface area contributed by atoms with E-state index in [9.17, 15) is 9.59 Å². The number of hydrogen-bond acceptors (Lipinski definition) is 7. The number of benzene rings is 1. The molecule has 1 amide bonds. The van der Waals surface area contributed by atoms with Crippen molar-refractivity contribution < 1.29 is 14.0 Å². The van der Waals surface area contributed by atoms with Crippen LogP contribution in [0.1, 0.15) is 27.1 Å². The second-order valence-corrected chi connectivity index (χ2v) is 7.45. The molecule has 0 aliphatic rings. The lowest BCUT2D eigenvalue weighted by atomic mass is 10.1. The molecule has 0 unspecified atom stereocenters. The SMILES string of the molecule is CC(=O)c1sc(NC(=O)c2csc(-c3ccco3)n2)nc1-c1ccccc1. The first-order chi connectivity index (χ1) is 13.1. The first-order valence-electron chi connectivity index (χ1n) is 8.00. The van der Waals surface area contributed by atoms with Crippen molar-refractivity contribution >= 4 is 39.5 Å². The Labute approximate surface area is 162 Å². The smallest absolute Gasteiger partial charge is 0.276 e. The Bertz CT molecular complexity index is 1100. The molecule has 4 rings (SSSR count). The summed E-state index contributed by atoms with van der Waals surface area (Å²) in [5, 5.41) is 5.37. The van der Waals surface area contributed by atoms with Crippen molar-refractivity contribution in [2.45, 2.75) is 6.92 Å². The molecule has 3 aromatic heterocycles. The molecule has 27 heavy (non-hydrogen) atoms. The monoisotopic (exact) mass is 395 g/mol. The van der Waals surface area contributed by atoms with Crippen molar-refractivity contribution in [1.82, 2.24) is 9.97 Å². The second-order valence-electron chi connectivity index (χ2n) is 5.59. The van der Waals surface area contributed by atoms with Crippen LogP contribution in [0.2, 0.25) is 0 Å². The number of aromatic nitrogens is 2. The third-order valence-corrected chi connectivity index (χ3v) is 5.61. The van der Waals surface area contributed by atoms with E-state index < -0.39 is 0 Å². The van der Waals surface area contributed by atoms with E-state index in [1.54, 1.807) is 23.8 Å². The van der Waals surface area contributed by atoms with Crippen LogP contribution >= 0.6 is 22.7 Å². The summed E-state index contributed by atoms with van der Waals surface area (Å²) in [5.74, 6) is 0.131. The quantitative estimate of drug-likeness (QED) is 0.482. The minimum atomic E-state index is -0.382. The van der Waals surface area contributed by atoms with Gasteiger partial charge in [0.1, 0.15) is 5.69 Å². The Kier molecular flexibility index (Phi) is 4.66. The number of ketones is 1. The molecular weight excluding hydrogens is 382 g/mol. The number of anilines is 1. The molecule has 0 aliphatic carbocycles. The highest BCUT2D eigenvalue weighted by molar-refractivity contribution is 7.18. The molecule has 0 radical (unpaired) electrons. The van der Waals surface area contributed by atoms with Gasteiger partial charge in [-0.25, -0.2) is 9.97 Å². The third-order valence-electron chi connectivity index (χ3n) is 3.68. The van der Waals surface area contributed by atoms with Crippen LogP contribution < -0.4 is 5.32 Å². The average Bonchev–Trinajstić information content (AvgIpc) is 3.41. The summed E-state index contributed by atoms with van der Waals surface area (Å²) in [6, 6.07) is 13.0. The maximum absolute atomic E-state index is 12.5. The average molecular weight is 395 g/mol. The predicted molar refractivity (Wildman–Crippen MR) is 105 cm³/mol. The number of thiazole rings is 2. The molecule has 0 saturated heterocycles. The zero-order valence-electron chi connectivity index (χ0n) is 14.1. The van der Waals surface area contributed by atoms with Crippen molar-refractivity contribution in [3.63, 3.8) is 0 Å². The molecule has 8 heteroatoms. The fourth-order valence-corrected chi connectivity index (χ4v) is 4.10. The number of Topliss-reactive ketones (excluding diaryl/α,β-unsaturated/α-hetero) is 1. The zero-order chi connectivity index (χ0) is 18.8. The van der Waals surface area contributed by atoms with Crippen molar-refractivity contribution in [3.8, 4) is 22.0 Å². The first-order valence-corrected chi connectivity index (χ1v) is 9.69. The summed E-state index contributed by atoms with van der Waals surface area (Å²) in [5.41, 5.74) is 1.67. The highest BCUT2D eigenvalue weighted by Crippen LogP contribution is 2.32. The second kappa shape index (κ2) is 7.26. The van der Waals surface area contributed by atoms with Crippen LogP contribution in [-0.2, 0) is 0 Å². The summed E-state index contributed by atoms with van der Waals surface area (Å²) in [7, 11) is 0. The first kappa shape index (κ1) is 17.3. The summed E-state index contributed by atoms with van der Waals surface area (Å²) < 4.78 is 5.29. The van der Waals surface area contributed by atoms with Gasteiger partial charge in [0.05, 0.1) is 16.8 Å². The predicted octanol–water partition coefficient (Wildman–Crippen LogP) is 4.98. The van der Waals surface area contributed by atoms with Crippen LogP contribution in [0.3, 0.4) is 0 Å². The number of furan rings is 1. The van der Waals surface area contributed by atoms with Crippen LogP contribution in [0.25, 0.3) is 22.0 Å². The van der Waals surface area contributed by atoms with Gasteiger partial charge >= 0.3 is 0 Å². The largest absolute Gasteiger partial charge is 0.462 e. The van der Waals surface area contributed by atoms with E-state index in [0.717, 1.165) is 16.9 Å². The Morgan fingerprint density at radius 3 is 2.59 bits per heavy atom. The molecule has 3 heterocycles. The molecule has 0 spiro atoms. The molecular formula is C19H13N3O3S2. The summed E-state index contributed by atoms with van der Waals surface area (Å²) in [4.78, 5) is 33.7. The molecule has 0 atom stereocenters. The van der Waals surface area contributed by atoms with Crippen molar-refractivity contribution in [3.05, 3.63) is 64.7 Å². The maximum Gasteiger partial charge on any atom is 0.276 e. The van der Waals surface area contributed by atoms with E-state index in [1.165, 1.54) is 18.3 Å². The van der Waals surface area contributed by atoms with E-state index in [4.69, 9.17) is 4.42 Å². The molecule has 134 valence electrons. The highest BCUT2D eigenvalue weighted by atomic mass is 32.1. The molecule has 1 N–H and O–H groups in total. The van der Waals surface area contributed by atoms with Gasteiger partial charge in [0.2, 0.25) is 0 Å². The van der Waals surface area contributed by atoms with Gasteiger partial charge in [-0.1, -0.05) is 41.7 Å². The number of nitrogens with one attached hydrogen (secondary N) is 1. The Balaban J connectivity index is 1.59. The summed E-state index contributed by atoms with van der Waals surface area (Å²) in [6.07, 6.45) is 1.56. The third kappa shape index (κ3) is 3.57. The van der Waals surface area contributed by atoms with Gasteiger partial charge < -0.3 is 4.42 Å². The fourth-order valence-electron chi connectivity index (χ4n) is 2.46. The maximum atomic E-state index is 12.5. The number of carbonyl (C=O) groups is 2. The van der Waals surface area contributed by atoms with Gasteiger partial charge in [-0.15, -0.1) is 11.3 Å². The van der Waals surface area contributed by atoms with E-state index >= 15 is 0 Å². The summed E-state index contributed by atoms with van der Waals surface area (Å²) >= 11 is 2.47. The molecule has 0 aliphatic heterocycles. The van der Waals surface area contributed by atoms with Gasteiger partial charge in [-0.2, -0.15) is 0 Å². The standard InChI is InChI=1S/C19H13N3O3S2/c1-11(23)16-15(12-6-3-2-4-7-12)21-19(27-16)22-17(24)13-10-26-18(20-13)14-8-5-9-25-14/h2-10H,1H3,(H,21,22,24). The van der Waals surface area contributed by atoms with Gasteiger partial charge in [0, 0.05) is 17.9 Å². The molecule has 6 nitrogen and oxygen atoms in total. The van der Waals surface area contributed by atoms with E-state index in [1.807, 2.05) is 30.3 Å². The van der Waals surface area contributed by atoms with Crippen molar-refractivity contribution in [2.75, 3.05) is 5.32 Å². The minimum Gasteiger partial charge on any atom is -0.462 e. The van der Waals surface area contributed by atoms with E-state index in [-0.39, 0.29) is 17.4 Å². The van der Waals surface area contributed by atoms with E-state index in [2.05, 4.69) is 15.3 Å². The van der Waals surface area contributed by atoms with Gasteiger partial charge in [-0.3, -0.25) is 14.9 Å². The topological polar surface area (TPSA) is 85.1 Å². The van der Waals surface area contributed by atoms with Crippen LogP contribution in [0, 0.1) is 0 Å². The van der Waals surface area contributed by atoms with Crippen LogP contribution in [0.15, 0.2) is 58.5 Å². The Hall–Kier alpha value is -3.10. The normalized spacial score (nSPS) is 10.7. The molecule has 1 aromatic carbocycles. The highest BCUT2D eigenvalue weighted by Gasteiger charge is 2.19. The number of rotatable bonds is 5. The Morgan fingerprint density at radius 2 is 1.89 bits per heavy atom. The van der Waals surface area contributed by atoms with Gasteiger partial charge in [0.25, 0.3) is 5.91 Å². The number of carbonyl (C=O) groups excluding carboxylic acids is 2. The van der Waals surface area contributed by atoms with Crippen LogP contribution in [-0.4, -0.2) is 21.7 Å². The molecule has 4 aromatic rings. The van der Waals surface area contributed by atoms with E-state index in [0.29, 0.717) is 26.5 Å². The molecule has 0 bridgehead atoms.